The molecule has 0 aromatic carbocycles. The zero-order valence-electron chi connectivity index (χ0n) is 9.75. The molecule has 1 fully saturated rings. The van der Waals surface area contributed by atoms with Crippen LogP contribution in [0.1, 0.15) is 39.0 Å². The van der Waals surface area contributed by atoms with Crippen LogP contribution < -0.4 is 5.32 Å². The second-order valence-electron chi connectivity index (χ2n) is 4.63. The average molecular weight is 239 g/mol. The van der Waals surface area contributed by atoms with Crippen LogP contribution in [0.15, 0.2) is 18.5 Å². The Hall–Kier alpha value is -0.760. The summed E-state index contributed by atoms with van der Waals surface area (Å²) in [5.74, 6) is 0.936. The van der Waals surface area contributed by atoms with E-state index in [-0.39, 0.29) is 0 Å². The van der Waals surface area contributed by atoms with Crippen LogP contribution in [0.25, 0.3) is 0 Å². The molecule has 0 amide bonds. The molecule has 1 aromatic rings. The maximum Gasteiger partial charge on any atom is 0.0820 e. The van der Waals surface area contributed by atoms with E-state index in [4.69, 9.17) is 11.6 Å². The van der Waals surface area contributed by atoms with Gasteiger partial charge >= 0.3 is 0 Å². The highest BCUT2D eigenvalue weighted by Crippen LogP contribution is 2.30. The second-order valence-corrected chi connectivity index (χ2v) is 5.03. The number of rotatable bonds is 3. The second kappa shape index (κ2) is 5.53. The molecule has 3 heteroatoms. The predicted octanol–water partition coefficient (Wildman–Crippen LogP) is 4.12. The van der Waals surface area contributed by atoms with Crippen molar-refractivity contribution in [2.24, 2.45) is 5.92 Å². The number of hydrogen-bond donors (Lipinski definition) is 1. The lowest BCUT2D eigenvalue weighted by Gasteiger charge is -2.29. The van der Waals surface area contributed by atoms with Gasteiger partial charge in [-0.2, -0.15) is 0 Å². The fourth-order valence-corrected chi connectivity index (χ4v) is 2.60. The van der Waals surface area contributed by atoms with Crippen LogP contribution in [-0.2, 0) is 0 Å². The van der Waals surface area contributed by atoms with Gasteiger partial charge in [-0.1, -0.05) is 24.9 Å². The number of nitrogens with one attached hydrogen (secondary N) is 1. The first-order valence-electron chi connectivity index (χ1n) is 6.15. The quantitative estimate of drug-likeness (QED) is 0.857. The van der Waals surface area contributed by atoms with Crippen LogP contribution in [0.2, 0.25) is 5.02 Å². The zero-order valence-corrected chi connectivity index (χ0v) is 10.5. The molecule has 1 saturated carbocycles. The van der Waals surface area contributed by atoms with Crippen LogP contribution in [0, 0.1) is 5.92 Å². The smallest absolute Gasteiger partial charge is 0.0820 e. The molecule has 0 aliphatic heterocycles. The number of halogens is 1. The molecule has 0 unspecified atom stereocenters. The SMILES string of the molecule is CCC1CCC(Nc2ccncc2Cl)CC1. The van der Waals surface area contributed by atoms with Gasteiger partial charge in [0.05, 0.1) is 10.7 Å². The van der Waals surface area contributed by atoms with Gasteiger partial charge in [0.1, 0.15) is 0 Å². The molecular weight excluding hydrogens is 220 g/mol. The molecule has 88 valence electrons. The van der Waals surface area contributed by atoms with Gasteiger partial charge < -0.3 is 5.32 Å². The maximum absolute atomic E-state index is 6.07. The molecule has 0 atom stereocenters. The summed E-state index contributed by atoms with van der Waals surface area (Å²) in [5, 5.41) is 4.24. The molecule has 0 spiro atoms. The van der Waals surface area contributed by atoms with Gasteiger partial charge in [-0.15, -0.1) is 0 Å². The first kappa shape index (κ1) is 11.7. The third-order valence-corrected chi connectivity index (χ3v) is 3.86. The number of hydrogen-bond acceptors (Lipinski definition) is 2. The van der Waals surface area contributed by atoms with E-state index in [1.807, 2.05) is 6.07 Å². The van der Waals surface area contributed by atoms with Gasteiger partial charge in [0.15, 0.2) is 0 Å². The first-order chi connectivity index (χ1) is 7.79. The molecule has 1 N–H and O–H groups in total. The number of aromatic nitrogens is 1. The molecule has 16 heavy (non-hydrogen) atoms. The van der Waals surface area contributed by atoms with Crippen molar-refractivity contribution < 1.29 is 0 Å². The van der Waals surface area contributed by atoms with Crippen molar-refractivity contribution in [2.75, 3.05) is 5.32 Å². The summed E-state index contributed by atoms with van der Waals surface area (Å²) >= 11 is 6.07. The highest BCUT2D eigenvalue weighted by molar-refractivity contribution is 6.33. The Labute approximate surface area is 102 Å². The Morgan fingerprint density at radius 1 is 1.38 bits per heavy atom. The number of anilines is 1. The van der Waals surface area contributed by atoms with Gasteiger partial charge in [-0.25, -0.2) is 0 Å². The van der Waals surface area contributed by atoms with E-state index in [9.17, 15) is 0 Å². The van der Waals surface area contributed by atoms with Crippen LogP contribution in [0.4, 0.5) is 5.69 Å². The van der Waals surface area contributed by atoms with Gasteiger partial charge in [-0.3, -0.25) is 4.98 Å². The fourth-order valence-electron chi connectivity index (χ4n) is 2.43. The number of nitrogens with zero attached hydrogens (tertiary/aromatic N) is 1. The van der Waals surface area contributed by atoms with E-state index >= 15 is 0 Å². The molecule has 0 bridgehead atoms. The average Bonchev–Trinajstić information content (AvgIpc) is 2.33. The van der Waals surface area contributed by atoms with Gasteiger partial charge in [0.2, 0.25) is 0 Å². The monoisotopic (exact) mass is 238 g/mol. The Balaban J connectivity index is 1.89. The summed E-state index contributed by atoms with van der Waals surface area (Å²) in [5.41, 5.74) is 1.02. The summed E-state index contributed by atoms with van der Waals surface area (Å²) in [6, 6.07) is 2.54. The van der Waals surface area contributed by atoms with E-state index in [1.165, 1.54) is 32.1 Å². The fraction of sp³-hybridized carbons (Fsp3) is 0.615. The molecule has 1 aliphatic carbocycles. The van der Waals surface area contributed by atoms with Crippen molar-refractivity contribution >= 4 is 17.3 Å². The minimum absolute atomic E-state index is 0.586. The summed E-state index contributed by atoms with van der Waals surface area (Å²) in [4.78, 5) is 3.99. The topological polar surface area (TPSA) is 24.9 Å². The van der Waals surface area contributed by atoms with Crippen molar-refractivity contribution in [1.82, 2.24) is 4.98 Å². The lowest BCUT2D eigenvalue weighted by Crippen LogP contribution is -2.26. The molecule has 1 heterocycles. The van der Waals surface area contributed by atoms with Crippen molar-refractivity contribution in [3.8, 4) is 0 Å². The Kier molecular flexibility index (Phi) is 4.05. The minimum atomic E-state index is 0.586. The molecule has 1 aliphatic rings. The van der Waals surface area contributed by atoms with Crippen LogP contribution >= 0.6 is 11.6 Å². The maximum atomic E-state index is 6.07. The van der Waals surface area contributed by atoms with Crippen LogP contribution in [0.5, 0.6) is 0 Å². The van der Waals surface area contributed by atoms with E-state index in [1.54, 1.807) is 12.4 Å². The van der Waals surface area contributed by atoms with Crippen molar-refractivity contribution in [2.45, 2.75) is 45.1 Å². The van der Waals surface area contributed by atoms with Crippen molar-refractivity contribution in [3.63, 3.8) is 0 Å². The summed E-state index contributed by atoms with van der Waals surface area (Å²) in [6.45, 7) is 2.29. The third kappa shape index (κ3) is 2.88. The highest BCUT2D eigenvalue weighted by atomic mass is 35.5. The highest BCUT2D eigenvalue weighted by Gasteiger charge is 2.20. The lowest BCUT2D eigenvalue weighted by molar-refractivity contribution is 0.330. The van der Waals surface area contributed by atoms with Crippen molar-refractivity contribution in [1.29, 1.82) is 0 Å². The predicted molar refractivity (Wildman–Crippen MR) is 68.9 cm³/mol. The van der Waals surface area contributed by atoms with Crippen molar-refractivity contribution in [3.05, 3.63) is 23.5 Å². The molecule has 0 saturated heterocycles. The van der Waals surface area contributed by atoms with Gasteiger partial charge in [0, 0.05) is 18.4 Å². The Morgan fingerprint density at radius 2 is 2.12 bits per heavy atom. The zero-order chi connectivity index (χ0) is 11.4. The van der Waals surface area contributed by atoms with Gasteiger partial charge in [-0.05, 0) is 37.7 Å². The first-order valence-corrected chi connectivity index (χ1v) is 6.53. The third-order valence-electron chi connectivity index (χ3n) is 3.56. The summed E-state index contributed by atoms with van der Waals surface area (Å²) in [7, 11) is 0. The molecule has 0 radical (unpaired) electrons. The lowest BCUT2D eigenvalue weighted by atomic mass is 9.84. The molecule has 2 nitrogen and oxygen atoms in total. The van der Waals surface area contributed by atoms with E-state index in [0.29, 0.717) is 6.04 Å². The molecule has 2 rings (SSSR count). The largest absolute Gasteiger partial charge is 0.381 e. The molecular formula is C13H19ClN2. The minimum Gasteiger partial charge on any atom is -0.381 e. The van der Waals surface area contributed by atoms with E-state index in [0.717, 1.165) is 16.6 Å². The van der Waals surface area contributed by atoms with Crippen LogP contribution in [-0.4, -0.2) is 11.0 Å². The van der Waals surface area contributed by atoms with Gasteiger partial charge in [0.25, 0.3) is 0 Å². The number of pyridine rings is 1. The van der Waals surface area contributed by atoms with Crippen LogP contribution in [0.3, 0.4) is 0 Å². The standard InChI is InChI=1S/C13H19ClN2/c1-2-10-3-5-11(6-4-10)16-13-7-8-15-9-12(13)14/h7-11H,2-6H2,1H3,(H,15,16). The summed E-state index contributed by atoms with van der Waals surface area (Å²) in [6.07, 6.45) is 10.0. The van der Waals surface area contributed by atoms with E-state index < -0.39 is 0 Å². The summed E-state index contributed by atoms with van der Waals surface area (Å²) < 4.78 is 0. The Morgan fingerprint density at radius 3 is 2.75 bits per heavy atom. The van der Waals surface area contributed by atoms with E-state index in [2.05, 4.69) is 17.2 Å². The molecule has 1 aromatic heterocycles. The Bertz CT molecular complexity index is 332. The normalized spacial score (nSPS) is 25.4.